The van der Waals surface area contributed by atoms with Gasteiger partial charge in [0.1, 0.15) is 22.4 Å². The molecule has 0 unspecified atom stereocenters. The summed E-state index contributed by atoms with van der Waals surface area (Å²) in [5, 5.41) is 0. The number of halogens is 1. The Kier molecular flexibility index (Phi) is 15.3. The van der Waals surface area contributed by atoms with Gasteiger partial charge in [-0.1, -0.05) is 42.5 Å². The van der Waals surface area contributed by atoms with Gasteiger partial charge in [0, 0.05) is 54.4 Å². The molecule has 0 atom stereocenters. The Morgan fingerprint density at radius 1 is 0.754 bits per heavy atom. The summed E-state index contributed by atoms with van der Waals surface area (Å²) in [5.74, 6) is -0.0687. The first kappa shape index (κ1) is 48.5. The smallest absolute Gasteiger partial charge is 0.304 e. The number of benzene rings is 5. The molecule has 16 heteroatoms. The normalized spacial score (nSPS) is 14.7. The molecule has 12 nitrogen and oxygen atoms in total. The zero-order valence-corrected chi connectivity index (χ0v) is 39.3. The zero-order chi connectivity index (χ0) is 47.1. The number of allylic oxidation sites excluding steroid dienone is 5. The molecule has 0 saturated carbocycles. The molecule has 1 aliphatic carbocycles. The second kappa shape index (κ2) is 20.5. The van der Waals surface area contributed by atoms with E-state index in [0.29, 0.717) is 61.0 Å². The van der Waals surface area contributed by atoms with Gasteiger partial charge >= 0.3 is 10.2 Å². The molecular weight excluding hydrogens is 890 g/mol. The van der Waals surface area contributed by atoms with E-state index in [4.69, 9.17) is 4.74 Å². The van der Waals surface area contributed by atoms with Crippen molar-refractivity contribution >= 4 is 58.8 Å². The van der Waals surface area contributed by atoms with Crippen LogP contribution in [0.2, 0.25) is 0 Å². The van der Waals surface area contributed by atoms with Crippen LogP contribution >= 0.6 is 0 Å². The number of nitrogens with zero attached hydrogens (tertiary/aromatic N) is 3. The van der Waals surface area contributed by atoms with E-state index in [1.54, 1.807) is 47.4 Å². The van der Waals surface area contributed by atoms with Crippen LogP contribution in [0.5, 0.6) is 5.75 Å². The maximum atomic E-state index is 14.0. The lowest BCUT2D eigenvalue weighted by Gasteiger charge is -2.26. The maximum absolute atomic E-state index is 14.0. The lowest BCUT2D eigenvalue weighted by Crippen LogP contribution is -2.23. The second-order valence-corrected chi connectivity index (χ2v) is 19.8. The Bertz CT molecular complexity index is 3020. The third-order valence-corrected chi connectivity index (χ3v) is 13.4. The van der Waals surface area contributed by atoms with E-state index < -0.39 is 36.2 Å². The maximum Gasteiger partial charge on any atom is 0.304 e. The molecule has 0 fully saturated rings. The zero-order valence-electron chi connectivity index (χ0n) is 36.8. The largest absolute Gasteiger partial charge is 0.744 e. The molecule has 0 aliphatic heterocycles. The van der Waals surface area contributed by atoms with E-state index in [-0.39, 0.29) is 16.3 Å². The van der Waals surface area contributed by atoms with Gasteiger partial charge in [0.15, 0.2) is 12.3 Å². The summed E-state index contributed by atoms with van der Waals surface area (Å²) >= 11 is 0. The molecule has 6 rings (SSSR count). The Hall–Kier alpha value is -5.91. The lowest BCUT2D eigenvalue weighted by molar-refractivity contribution is -0.539. The summed E-state index contributed by atoms with van der Waals surface area (Å²) in [6, 6.07) is 33.2. The Morgan fingerprint density at radius 3 is 1.94 bits per heavy atom. The predicted octanol–water partition coefficient (Wildman–Crippen LogP) is 9.00. The first-order valence-corrected chi connectivity index (χ1v) is 25.4. The van der Waals surface area contributed by atoms with Crippen LogP contribution in [0, 0.1) is 6.92 Å². The fraction of sp³-hybridized carbons (Fsp3) is 0.245. The first-order chi connectivity index (χ1) is 30.8. The van der Waals surface area contributed by atoms with Crippen molar-refractivity contribution in [3.63, 3.8) is 0 Å². The third-order valence-electron chi connectivity index (χ3n) is 11.1. The van der Waals surface area contributed by atoms with Gasteiger partial charge in [0.05, 0.1) is 22.2 Å². The number of ether oxygens (including phenoxy) is 1. The summed E-state index contributed by atoms with van der Waals surface area (Å²) in [7, 11) is -13.8. The van der Waals surface area contributed by atoms with Crippen LogP contribution in [-0.4, -0.2) is 76.6 Å². The van der Waals surface area contributed by atoms with Gasteiger partial charge in [-0.25, -0.2) is 13.0 Å². The molecule has 0 saturated heterocycles. The van der Waals surface area contributed by atoms with E-state index in [1.807, 2.05) is 89.2 Å². The van der Waals surface area contributed by atoms with Crippen molar-refractivity contribution in [1.29, 1.82) is 0 Å². The van der Waals surface area contributed by atoms with E-state index in [2.05, 4.69) is 21.6 Å². The van der Waals surface area contributed by atoms with Gasteiger partial charge < -0.3 is 19.1 Å². The van der Waals surface area contributed by atoms with Crippen LogP contribution in [0.25, 0.3) is 5.57 Å². The average molecular weight is 942 g/mol. The Labute approximate surface area is 382 Å². The highest BCUT2D eigenvalue weighted by molar-refractivity contribution is 7.86. The average Bonchev–Trinajstić information content (AvgIpc) is 3.26. The van der Waals surface area contributed by atoms with Crippen molar-refractivity contribution in [2.75, 3.05) is 41.8 Å². The van der Waals surface area contributed by atoms with Crippen molar-refractivity contribution in [3.05, 3.63) is 172 Å². The number of anilines is 3. The molecule has 0 heterocycles. The van der Waals surface area contributed by atoms with Crippen molar-refractivity contribution in [3.8, 4) is 5.75 Å². The van der Waals surface area contributed by atoms with Crippen LogP contribution in [0.4, 0.5) is 20.9 Å². The van der Waals surface area contributed by atoms with Crippen LogP contribution in [0.3, 0.4) is 0 Å². The van der Waals surface area contributed by atoms with Crippen molar-refractivity contribution in [1.82, 2.24) is 0 Å². The van der Waals surface area contributed by atoms with Crippen molar-refractivity contribution < 1.29 is 47.6 Å². The predicted molar refractivity (Wildman–Crippen MR) is 253 cm³/mol. The van der Waals surface area contributed by atoms with Gasteiger partial charge in [0.2, 0.25) is 0 Å². The first-order valence-electron chi connectivity index (χ1n) is 21.0. The molecule has 0 bridgehead atoms. The number of rotatable bonds is 18. The highest BCUT2D eigenvalue weighted by atomic mass is 32.3. The second-order valence-electron chi connectivity index (χ2n) is 15.5. The van der Waals surface area contributed by atoms with Gasteiger partial charge in [-0.05, 0) is 152 Å². The lowest BCUT2D eigenvalue weighted by atomic mass is 9.85. The molecule has 0 amide bonds. The minimum atomic E-state index is -4.78. The van der Waals surface area contributed by atoms with E-state index >= 15 is 0 Å². The van der Waals surface area contributed by atoms with E-state index in [9.17, 15) is 38.2 Å². The Balaban J connectivity index is 1.44. The van der Waals surface area contributed by atoms with Gasteiger partial charge in [-0.2, -0.15) is 16.8 Å². The SMILES string of the molecule is CCOc1ccc(N(CCS(=O)(=O)F)c2ccc(/C(=C3C=C/C(=[N+](/CC)Cc4cccc(S(=O)(=O)[O-])c4)C=C\3C)c3ccc(N(CC)Cc4cccc(S(=O)(=O)O)c4)cc3C)cc2)cc1. The third kappa shape index (κ3) is 12.5. The summed E-state index contributed by atoms with van der Waals surface area (Å²) in [6.07, 6.45) is 6.11. The molecule has 1 N–H and O–H groups in total. The molecule has 0 radical (unpaired) electrons. The molecule has 5 aromatic carbocycles. The minimum Gasteiger partial charge on any atom is -0.744 e. The van der Waals surface area contributed by atoms with Crippen LogP contribution in [0.15, 0.2) is 154 Å². The molecule has 1 aliphatic rings. The molecule has 0 aromatic heterocycles. The standard InChI is InChI=1S/C49H52FN3O9S3/c1-6-51(33-37-11-9-13-45(31-37)64(56,57)58)42-21-25-47(35(4)29-42)49(48-26-22-43(30-36(48)5)52(7-2)34-38-12-10-14-46(32-38)65(59,60)61)39-15-17-40(18-16-39)53(27-28-63(50,54)55)41-19-23-44(24-20-41)62-8-3/h9-26,29-32H,6-8,27-28,33-34H2,1-5H3,(H-,56,57,58,59,60,61). The summed E-state index contributed by atoms with van der Waals surface area (Å²) in [4.78, 5) is 3.38. The number of hydrogen-bond donors (Lipinski definition) is 1. The topological polar surface area (TPSA) is 164 Å². The van der Waals surface area contributed by atoms with Gasteiger partial charge in [-0.3, -0.25) is 4.55 Å². The summed E-state index contributed by atoms with van der Waals surface area (Å²) in [5.41, 5.74) is 9.95. The Morgan fingerprint density at radius 2 is 1.37 bits per heavy atom. The quantitative estimate of drug-likeness (QED) is 0.0507. The monoisotopic (exact) mass is 941 g/mol. The number of aryl methyl sites for hydroxylation is 1. The van der Waals surface area contributed by atoms with Crippen LogP contribution in [-0.2, 0) is 43.5 Å². The summed E-state index contributed by atoms with van der Waals surface area (Å²) in [6.45, 7) is 12.2. The molecule has 0 spiro atoms. The van der Waals surface area contributed by atoms with Gasteiger partial charge in [0.25, 0.3) is 10.1 Å². The van der Waals surface area contributed by atoms with Crippen molar-refractivity contribution in [2.24, 2.45) is 0 Å². The highest BCUT2D eigenvalue weighted by Gasteiger charge is 2.22. The minimum absolute atomic E-state index is 0.136. The van der Waals surface area contributed by atoms with Gasteiger partial charge in [-0.15, -0.1) is 3.89 Å². The van der Waals surface area contributed by atoms with Crippen LogP contribution < -0.4 is 14.5 Å². The van der Waals surface area contributed by atoms with E-state index in [0.717, 1.165) is 44.8 Å². The van der Waals surface area contributed by atoms with Crippen molar-refractivity contribution in [2.45, 2.75) is 57.5 Å². The van der Waals surface area contributed by atoms with Crippen LogP contribution in [0.1, 0.15) is 55.5 Å². The van der Waals surface area contributed by atoms with E-state index in [1.165, 1.54) is 24.3 Å². The molecule has 5 aromatic rings. The molecular formula is C49H52FN3O9S3. The molecule has 342 valence electrons. The molecule has 65 heavy (non-hydrogen) atoms. The fourth-order valence-corrected chi connectivity index (χ4v) is 9.32. The number of hydrogen-bond acceptors (Lipinski definition) is 10. The highest BCUT2D eigenvalue weighted by Crippen LogP contribution is 2.38. The fourth-order valence-electron chi connectivity index (χ4n) is 7.83. The summed E-state index contributed by atoms with van der Waals surface area (Å²) < 4.78 is 114.